The third kappa shape index (κ3) is 4.42. The highest BCUT2D eigenvalue weighted by molar-refractivity contribution is 4.90. The van der Waals surface area contributed by atoms with Crippen LogP contribution in [-0.2, 0) is 11.3 Å². The summed E-state index contributed by atoms with van der Waals surface area (Å²) in [6.07, 6.45) is 1.21. The zero-order valence-electron chi connectivity index (χ0n) is 9.43. The number of nitrogens with zero attached hydrogens (tertiary/aromatic N) is 2. The maximum atomic E-state index is 9.49. The van der Waals surface area contributed by atoms with E-state index >= 15 is 0 Å². The van der Waals surface area contributed by atoms with Gasteiger partial charge in [0.15, 0.2) is 0 Å². The monoisotopic (exact) mass is 214 g/mol. The molecule has 0 fully saturated rings. The van der Waals surface area contributed by atoms with Gasteiger partial charge < -0.3 is 14.3 Å². The lowest BCUT2D eigenvalue weighted by Crippen LogP contribution is -2.31. The zero-order valence-corrected chi connectivity index (χ0v) is 9.43. The number of ether oxygens (including phenoxy) is 1. The zero-order chi connectivity index (χ0) is 11.3. The van der Waals surface area contributed by atoms with Crippen LogP contribution in [0.1, 0.15) is 11.7 Å². The molecule has 1 aromatic rings. The standard InChI is InChI=1S/C10H18N2O3/c1-8-4-11-10(15-8)6-12(2)5-9(13)7-14-3/h4,9,13H,5-7H2,1-3H3. The highest BCUT2D eigenvalue weighted by atomic mass is 16.5. The largest absolute Gasteiger partial charge is 0.445 e. The summed E-state index contributed by atoms with van der Waals surface area (Å²) in [5.41, 5.74) is 0. The molecule has 1 atom stereocenters. The van der Waals surface area contributed by atoms with Crippen LogP contribution in [0.15, 0.2) is 10.6 Å². The van der Waals surface area contributed by atoms with E-state index in [-0.39, 0.29) is 0 Å². The van der Waals surface area contributed by atoms with Crippen LogP contribution in [0.3, 0.4) is 0 Å². The van der Waals surface area contributed by atoms with Gasteiger partial charge in [0.05, 0.1) is 25.5 Å². The van der Waals surface area contributed by atoms with Gasteiger partial charge in [0.2, 0.25) is 5.89 Å². The second kappa shape index (κ2) is 5.85. The van der Waals surface area contributed by atoms with Crippen LogP contribution >= 0.6 is 0 Å². The molecule has 0 amide bonds. The van der Waals surface area contributed by atoms with Crippen molar-refractivity contribution in [1.29, 1.82) is 0 Å². The summed E-state index contributed by atoms with van der Waals surface area (Å²) in [7, 11) is 3.47. The molecule has 0 aliphatic rings. The number of aliphatic hydroxyl groups excluding tert-OH is 1. The molecule has 1 N–H and O–H groups in total. The van der Waals surface area contributed by atoms with Gasteiger partial charge in [-0.15, -0.1) is 0 Å². The van der Waals surface area contributed by atoms with Gasteiger partial charge in [0.1, 0.15) is 5.76 Å². The van der Waals surface area contributed by atoms with Crippen LogP contribution in [-0.4, -0.2) is 48.4 Å². The van der Waals surface area contributed by atoms with Crippen LogP contribution in [0.25, 0.3) is 0 Å². The van der Waals surface area contributed by atoms with Crippen molar-refractivity contribution in [2.45, 2.75) is 19.6 Å². The number of aryl methyl sites for hydroxylation is 1. The predicted molar refractivity (Wildman–Crippen MR) is 55.5 cm³/mol. The number of rotatable bonds is 6. The Morgan fingerprint density at radius 2 is 2.40 bits per heavy atom. The van der Waals surface area contributed by atoms with E-state index in [4.69, 9.17) is 9.15 Å². The number of oxazole rings is 1. The van der Waals surface area contributed by atoms with Gasteiger partial charge in [0.25, 0.3) is 0 Å². The molecule has 1 aromatic heterocycles. The van der Waals surface area contributed by atoms with E-state index in [0.29, 0.717) is 25.6 Å². The molecule has 1 unspecified atom stereocenters. The van der Waals surface area contributed by atoms with Crippen LogP contribution in [0.2, 0.25) is 0 Å². The molecule has 0 spiro atoms. The first-order valence-corrected chi connectivity index (χ1v) is 4.88. The molecule has 0 saturated carbocycles. The number of aliphatic hydroxyl groups is 1. The Morgan fingerprint density at radius 3 is 2.93 bits per heavy atom. The van der Waals surface area contributed by atoms with E-state index in [1.54, 1.807) is 13.3 Å². The topological polar surface area (TPSA) is 58.7 Å². The molecule has 0 aromatic carbocycles. The number of aromatic nitrogens is 1. The van der Waals surface area contributed by atoms with Crippen LogP contribution in [0, 0.1) is 6.92 Å². The van der Waals surface area contributed by atoms with Crippen molar-refractivity contribution in [1.82, 2.24) is 9.88 Å². The molecule has 0 radical (unpaired) electrons. The number of hydrogen-bond acceptors (Lipinski definition) is 5. The first kappa shape index (κ1) is 12.2. The first-order chi connectivity index (χ1) is 7.11. The van der Waals surface area contributed by atoms with Gasteiger partial charge in [-0.25, -0.2) is 4.98 Å². The van der Waals surface area contributed by atoms with Crippen LogP contribution in [0.5, 0.6) is 0 Å². The maximum Gasteiger partial charge on any atom is 0.208 e. The quantitative estimate of drug-likeness (QED) is 0.743. The first-order valence-electron chi connectivity index (χ1n) is 4.88. The fourth-order valence-electron chi connectivity index (χ4n) is 1.37. The minimum atomic E-state index is -0.476. The van der Waals surface area contributed by atoms with Gasteiger partial charge in [0, 0.05) is 13.7 Å². The SMILES string of the molecule is COCC(O)CN(C)Cc1ncc(C)o1. The predicted octanol–water partition coefficient (Wildman–Crippen LogP) is 0.422. The summed E-state index contributed by atoms with van der Waals surface area (Å²) < 4.78 is 10.2. The molecule has 15 heavy (non-hydrogen) atoms. The molecule has 0 bridgehead atoms. The summed E-state index contributed by atoms with van der Waals surface area (Å²) in [4.78, 5) is 6.03. The minimum absolute atomic E-state index is 0.342. The van der Waals surface area contributed by atoms with Crippen molar-refractivity contribution in [2.75, 3.05) is 27.3 Å². The second-order valence-electron chi connectivity index (χ2n) is 3.67. The van der Waals surface area contributed by atoms with Crippen LogP contribution in [0.4, 0.5) is 0 Å². The van der Waals surface area contributed by atoms with Crippen molar-refractivity contribution < 1.29 is 14.3 Å². The van der Waals surface area contributed by atoms with Crippen molar-refractivity contribution >= 4 is 0 Å². The van der Waals surface area contributed by atoms with Crippen molar-refractivity contribution in [3.8, 4) is 0 Å². The van der Waals surface area contributed by atoms with E-state index in [9.17, 15) is 5.11 Å². The Hall–Kier alpha value is -0.910. The Balaban J connectivity index is 2.32. The molecule has 1 heterocycles. The molecule has 5 nitrogen and oxygen atoms in total. The molecule has 1 rings (SSSR count). The van der Waals surface area contributed by atoms with Crippen LogP contribution < -0.4 is 0 Å². The maximum absolute atomic E-state index is 9.49. The van der Waals surface area contributed by atoms with E-state index in [0.717, 1.165) is 5.76 Å². The fourth-order valence-corrected chi connectivity index (χ4v) is 1.37. The normalized spacial score (nSPS) is 13.4. The van der Waals surface area contributed by atoms with Gasteiger partial charge in [-0.2, -0.15) is 0 Å². The molecule has 0 aliphatic heterocycles. The van der Waals surface area contributed by atoms with E-state index in [1.807, 2.05) is 18.9 Å². The second-order valence-corrected chi connectivity index (χ2v) is 3.67. The summed E-state index contributed by atoms with van der Waals surface area (Å²) in [6.45, 7) is 3.33. The van der Waals surface area contributed by atoms with Crippen molar-refractivity contribution in [3.05, 3.63) is 17.8 Å². The van der Waals surface area contributed by atoms with Gasteiger partial charge in [-0.1, -0.05) is 0 Å². The third-order valence-corrected chi connectivity index (χ3v) is 1.96. The van der Waals surface area contributed by atoms with E-state index < -0.39 is 6.10 Å². The summed E-state index contributed by atoms with van der Waals surface area (Å²) >= 11 is 0. The summed E-state index contributed by atoms with van der Waals surface area (Å²) in [5.74, 6) is 1.47. The highest BCUT2D eigenvalue weighted by Gasteiger charge is 2.10. The van der Waals surface area contributed by atoms with E-state index in [2.05, 4.69) is 4.98 Å². The Labute approximate surface area is 89.7 Å². The van der Waals surface area contributed by atoms with Crippen molar-refractivity contribution in [2.24, 2.45) is 0 Å². The Bertz CT molecular complexity index is 288. The Morgan fingerprint density at radius 1 is 1.67 bits per heavy atom. The molecular weight excluding hydrogens is 196 g/mol. The smallest absolute Gasteiger partial charge is 0.208 e. The van der Waals surface area contributed by atoms with Gasteiger partial charge >= 0.3 is 0 Å². The van der Waals surface area contributed by atoms with Gasteiger partial charge in [-0.05, 0) is 14.0 Å². The lowest BCUT2D eigenvalue weighted by atomic mass is 10.3. The third-order valence-electron chi connectivity index (χ3n) is 1.96. The van der Waals surface area contributed by atoms with Crippen molar-refractivity contribution in [3.63, 3.8) is 0 Å². The average molecular weight is 214 g/mol. The Kier molecular flexibility index (Phi) is 4.74. The molecule has 0 saturated heterocycles. The number of likely N-dealkylation sites (N-methyl/N-ethyl adjacent to an activating group) is 1. The average Bonchev–Trinajstić information content (AvgIpc) is 2.51. The molecule has 5 heteroatoms. The lowest BCUT2D eigenvalue weighted by molar-refractivity contribution is 0.0403. The molecular formula is C10H18N2O3. The molecule has 86 valence electrons. The minimum Gasteiger partial charge on any atom is -0.445 e. The number of hydrogen-bond donors (Lipinski definition) is 1. The fraction of sp³-hybridized carbons (Fsp3) is 0.700. The number of methoxy groups -OCH3 is 1. The molecule has 0 aliphatic carbocycles. The highest BCUT2D eigenvalue weighted by Crippen LogP contribution is 2.04. The van der Waals surface area contributed by atoms with Gasteiger partial charge in [-0.3, -0.25) is 4.90 Å². The summed E-state index contributed by atoms with van der Waals surface area (Å²) in [6, 6.07) is 0. The van der Waals surface area contributed by atoms with E-state index in [1.165, 1.54) is 0 Å². The summed E-state index contributed by atoms with van der Waals surface area (Å²) in [5, 5.41) is 9.49. The lowest BCUT2D eigenvalue weighted by Gasteiger charge is -2.18.